The number of piperazine rings is 1. The first kappa shape index (κ1) is 24.3. The van der Waals surface area contributed by atoms with E-state index in [2.05, 4.69) is 10.3 Å². The first-order valence-electron chi connectivity index (χ1n) is 10.5. The molecule has 1 fully saturated rings. The molecule has 1 aromatic carbocycles. The van der Waals surface area contributed by atoms with E-state index in [4.69, 9.17) is 4.74 Å². The third kappa shape index (κ3) is 6.36. The van der Waals surface area contributed by atoms with Gasteiger partial charge in [-0.25, -0.2) is 8.42 Å². The van der Waals surface area contributed by atoms with Crippen LogP contribution >= 0.6 is 0 Å². The van der Waals surface area contributed by atoms with Crippen LogP contribution in [0.5, 0.6) is 0 Å². The van der Waals surface area contributed by atoms with Crippen molar-refractivity contribution in [2.45, 2.75) is 24.8 Å². The predicted octanol–water partition coefficient (Wildman–Crippen LogP) is 0.798. The minimum absolute atomic E-state index is 0.000849. The Morgan fingerprint density at radius 1 is 1.21 bits per heavy atom. The van der Waals surface area contributed by atoms with E-state index in [0.717, 1.165) is 9.87 Å². The van der Waals surface area contributed by atoms with Gasteiger partial charge in [0.1, 0.15) is 0 Å². The highest BCUT2D eigenvalue weighted by molar-refractivity contribution is 7.89. The zero-order chi connectivity index (χ0) is 23.8. The fourth-order valence-electron chi connectivity index (χ4n) is 3.35. The summed E-state index contributed by atoms with van der Waals surface area (Å²) in [4.78, 5) is 42.1. The number of carbonyl (C=O) groups excluding carboxylic acids is 3. The smallest absolute Gasteiger partial charge is 0.307 e. The van der Waals surface area contributed by atoms with Gasteiger partial charge >= 0.3 is 5.97 Å². The maximum Gasteiger partial charge on any atom is 0.307 e. The summed E-state index contributed by atoms with van der Waals surface area (Å²) < 4.78 is 31.7. The van der Waals surface area contributed by atoms with Gasteiger partial charge in [-0.1, -0.05) is 6.07 Å². The molecule has 176 valence electrons. The number of esters is 1. The number of pyridine rings is 1. The molecule has 3 rings (SSSR count). The van der Waals surface area contributed by atoms with Crippen LogP contribution in [0.3, 0.4) is 0 Å². The number of nitrogens with one attached hydrogen (secondary N) is 1. The van der Waals surface area contributed by atoms with Gasteiger partial charge in [0.25, 0.3) is 5.91 Å². The molecule has 0 unspecified atom stereocenters. The Hall–Kier alpha value is -3.31. The quantitative estimate of drug-likeness (QED) is 0.533. The largest absolute Gasteiger partial charge is 0.466 e. The van der Waals surface area contributed by atoms with E-state index in [-0.39, 0.29) is 68.0 Å². The topological polar surface area (TPSA) is 126 Å². The van der Waals surface area contributed by atoms with Crippen LogP contribution in [0.25, 0.3) is 0 Å². The zero-order valence-electron chi connectivity index (χ0n) is 18.3. The molecule has 11 heteroatoms. The Morgan fingerprint density at radius 3 is 2.61 bits per heavy atom. The number of hydrogen-bond acceptors (Lipinski definition) is 7. The Labute approximate surface area is 192 Å². The Kier molecular flexibility index (Phi) is 8.12. The van der Waals surface area contributed by atoms with E-state index in [0.29, 0.717) is 0 Å². The van der Waals surface area contributed by atoms with Crippen LogP contribution in [0.2, 0.25) is 0 Å². The molecule has 2 heterocycles. The molecule has 1 aromatic heterocycles. The third-order valence-electron chi connectivity index (χ3n) is 5.02. The molecular formula is C22H26N4O6S. The number of hydrogen-bond donors (Lipinski definition) is 1. The van der Waals surface area contributed by atoms with E-state index in [1.165, 1.54) is 29.2 Å². The van der Waals surface area contributed by atoms with Gasteiger partial charge in [0.15, 0.2) is 0 Å². The van der Waals surface area contributed by atoms with Crippen molar-refractivity contribution in [1.29, 1.82) is 0 Å². The van der Waals surface area contributed by atoms with E-state index >= 15 is 0 Å². The van der Waals surface area contributed by atoms with Gasteiger partial charge in [-0.05, 0) is 42.8 Å². The minimum Gasteiger partial charge on any atom is -0.466 e. The first-order valence-corrected chi connectivity index (χ1v) is 12.0. The number of carbonyl (C=O) groups is 3. The van der Waals surface area contributed by atoms with Crippen LogP contribution in [0.1, 0.15) is 29.3 Å². The summed E-state index contributed by atoms with van der Waals surface area (Å²) in [5.41, 5.74) is 1.07. The molecule has 0 spiro atoms. The van der Waals surface area contributed by atoms with Crippen LogP contribution in [-0.2, 0) is 30.9 Å². The molecule has 0 bridgehead atoms. The number of benzene rings is 1. The first-order chi connectivity index (χ1) is 15.8. The lowest BCUT2D eigenvalue weighted by Crippen LogP contribution is -2.49. The molecule has 0 radical (unpaired) electrons. The van der Waals surface area contributed by atoms with Gasteiger partial charge in [0.2, 0.25) is 15.9 Å². The highest BCUT2D eigenvalue weighted by Gasteiger charge is 2.29. The number of rotatable bonds is 9. The molecule has 2 aromatic rings. The highest BCUT2D eigenvalue weighted by Crippen LogP contribution is 2.19. The standard InChI is InChI=1S/C22H26N4O6S/c1-2-32-21(28)9-12-25(15-17-4-3-10-23-14-17)22(29)18-5-7-19(8-6-18)33(30,31)26-13-11-24-20(27)16-26/h3-8,10,14H,2,9,11-13,15-16H2,1H3,(H,24,27). The average Bonchev–Trinajstić information content (AvgIpc) is 2.82. The van der Waals surface area contributed by atoms with Crippen molar-refractivity contribution in [2.24, 2.45) is 0 Å². The fourth-order valence-corrected chi connectivity index (χ4v) is 4.74. The van der Waals surface area contributed by atoms with E-state index < -0.39 is 16.0 Å². The van der Waals surface area contributed by atoms with Crippen LogP contribution in [0.4, 0.5) is 0 Å². The molecule has 1 aliphatic rings. The molecule has 0 saturated carbocycles. The molecular weight excluding hydrogens is 448 g/mol. The number of ether oxygens (including phenoxy) is 1. The van der Waals surface area contributed by atoms with Crippen LogP contribution in [-0.4, -0.2) is 73.2 Å². The lowest BCUT2D eigenvalue weighted by molar-refractivity contribution is -0.143. The summed E-state index contributed by atoms with van der Waals surface area (Å²) in [5.74, 6) is -1.12. The van der Waals surface area contributed by atoms with Crippen molar-refractivity contribution < 1.29 is 27.5 Å². The Morgan fingerprint density at radius 2 is 1.97 bits per heavy atom. The molecule has 2 amide bonds. The Bertz CT molecular complexity index is 1090. The van der Waals surface area contributed by atoms with Gasteiger partial charge in [-0.2, -0.15) is 4.31 Å². The molecule has 0 aliphatic carbocycles. The van der Waals surface area contributed by atoms with E-state index in [9.17, 15) is 22.8 Å². The molecule has 1 N–H and O–H groups in total. The van der Waals surface area contributed by atoms with Gasteiger partial charge in [0.05, 0.1) is 24.5 Å². The van der Waals surface area contributed by atoms with Crippen molar-refractivity contribution in [1.82, 2.24) is 19.5 Å². The highest BCUT2D eigenvalue weighted by atomic mass is 32.2. The molecule has 0 atom stereocenters. The van der Waals surface area contributed by atoms with Crippen LogP contribution < -0.4 is 5.32 Å². The SMILES string of the molecule is CCOC(=O)CCN(Cc1cccnc1)C(=O)c1ccc(S(=O)(=O)N2CCNC(=O)C2)cc1. The van der Waals surface area contributed by atoms with Crippen molar-refractivity contribution >= 4 is 27.8 Å². The molecule has 1 aliphatic heterocycles. The summed E-state index contributed by atoms with van der Waals surface area (Å²) in [7, 11) is -3.86. The maximum absolute atomic E-state index is 13.2. The molecule has 10 nitrogen and oxygen atoms in total. The zero-order valence-corrected chi connectivity index (χ0v) is 19.1. The lowest BCUT2D eigenvalue weighted by Gasteiger charge is -2.26. The summed E-state index contributed by atoms with van der Waals surface area (Å²) in [6, 6.07) is 9.14. The Balaban J connectivity index is 1.77. The fraction of sp³-hybridized carbons (Fsp3) is 0.364. The second-order valence-corrected chi connectivity index (χ2v) is 9.29. The monoisotopic (exact) mass is 474 g/mol. The van der Waals surface area contributed by atoms with Crippen LogP contribution in [0.15, 0.2) is 53.7 Å². The molecule has 33 heavy (non-hydrogen) atoms. The van der Waals surface area contributed by atoms with E-state index in [1.807, 2.05) is 6.07 Å². The summed E-state index contributed by atoms with van der Waals surface area (Å²) >= 11 is 0. The normalized spacial score (nSPS) is 14.4. The van der Waals surface area contributed by atoms with Gasteiger partial charge in [0, 0.05) is 44.1 Å². The summed E-state index contributed by atoms with van der Waals surface area (Å²) in [6.45, 7) is 2.52. The summed E-state index contributed by atoms with van der Waals surface area (Å²) in [6.07, 6.45) is 3.29. The lowest BCUT2D eigenvalue weighted by atomic mass is 10.1. The van der Waals surface area contributed by atoms with E-state index in [1.54, 1.807) is 25.4 Å². The minimum atomic E-state index is -3.86. The third-order valence-corrected chi connectivity index (χ3v) is 6.88. The van der Waals surface area contributed by atoms with Gasteiger partial charge in [-0.15, -0.1) is 0 Å². The number of aromatic nitrogens is 1. The van der Waals surface area contributed by atoms with Gasteiger partial charge in [-0.3, -0.25) is 19.4 Å². The van der Waals surface area contributed by atoms with Gasteiger partial charge < -0.3 is 15.0 Å². The number of nitrogens with zero attached hydrogens (tertiary/aromatic N) is 3. The average molecular weight is 475 g/mol. The summed E-state index contributed by atoms with van der Waals surface area (Å²) in [5, 5.41) is 2.59. The van der Waals surface area contributed by atoms with Crippen molar-refractivity contribution in [2.75, 3.05) is 32.8 Å². The second-order valence-electron chi connectivity index (χ2n) is 7.36. The van der Waals surface area contributed by atoms with Crippen LogP contribution in [0, 0.1) is 0 Å². The second kappa shape index (κ2) is 11.0. The molecule has 1 saturated heterocycles. The number of sulfonamides is 1. The number of amides is 2. The van der Waals surface area contributed by atoms with Crippen molar-refractivity contribution in [3.63, 3.8) is 0 Å². The predicted molar refractivity (Wildman–Crippen MR) is 118 cm³/mol. The van der Waals surface area contributed by atoms with Crippen molar-refractivity contribution in [3.8, 4) is 0 Å². The van der Waals surface area contributed by atoms with Crippen molar-refractivity contribution in [3.05, 3.63) is 59.9 Å². The maximum atomic E-state index is 13.2.